The maximum Gasteiger partial charge on any atom is 0.252 e. The number of rotatable bonds is 2. The number of fused-ring (bicyclic) bond motifs is 3. The van der Waals surface area contributed by atoms with Crippen LogP contribution in [0.4, 0.5) is 10.2 Å². The number of hydrogen-bond acceptors (Lipinski definition) is 3. The Labute approximate surface area is 179 Å². The minimum absolute atomic E-state index is 0.0875. The predicted octanol–water partition coefficient (Wildman–Crippen LogP) is 4.53. The number of carbonyl (C=O) groups is 1. The Balaban J connectivity index is 1.52. The molecular weight excluding hydrogens is 391 g/mol. The second kappa shape index (κ2) is 7.88. The second-order valence-corrected chi connectivity index (χ2v) is 8.05. The van der Waals surface area contributed by atoms with Crippen LogP contribution in [-0.2, 0) is 0 Å². The molecule has 0 radical (unpaired) electrons. The topological polar surface area (TPSA) is 51.1 Å². The summed E-state index contributed by atoms with van der Waals surface area (Å²) in [5, 5.41) is 3.41. The van der Waals surface area contributed by atoms with Crippen LogP contribution in [0.3, 0.4) is 0 Å². The molecule has 1 aliphatic heterocycles. The fraction of sp³-hybridized carbons (Fsp3) is 0.231. The van der Waals surface area contributed by atoms with Gasteiger partial charge in [-0.2, -0.15) is 0 Å². The lowest BCUT2D eigenvalue weighted by Gasteiger charge is -2.25. The number of aromatic nitrogens is 1. The van der Waals surface area contributed by atoms with Gasteiger partial charge in [-0.05, 0) is 49.2 Å². The van der Waals surface area contributed by atoms with Crippen LogP contribution >= 0.6 is 0 Å². The SMILES string of the molecule is O=C(c1ccc(F)c(C#Cc2ccccc2)c1)c1ccc(=O)n2c1N[C@@H]1CCCCC12. The zero-order chi connectivity index (χ0) is 21.4. The maximum atomic E-state index is 14.3. The summed E-state index contributed by atoms with van der Waals surface area (Å²) in [5.41, 5.74) is 1.62. The van der Waals surface area contributed by atoms with Crippen molar-refractivity contribution in [1.29, 1.82) is 0 Å². The van der Waals surface area contributed by atoms with Crippen LogP contribution in [0.15, 0.2) is 65.5 Å². The lowest BCUT2D eigenvalue weighted by Crippen LogP contribution is -2.29. The molecule has 0 bridgehead atoms. The van der Waals surface area contributed by atoms with E-state index in [0.29, 0.717) is 16.9 Å². The third-order valence-electron chi connectivity index (χ3n) is 6.10. The van der Waals surface area contributed by atoms with Gasteiger partial charge in [0.2, 0.25) is 0 Å². The minimum Gasteiger partial charge on any atom is -0.366 e. The molecule has 1 aromatic heterocycles. The molecule has 31 heavy (non-hydrogen) atoms. The molecule has 3 aromatic rings. The first kappa shape index (κ1) is 19.3. The first-order valence-corrected chi connectivity index (χ1v) is 10.6. The fourth-order valence-corrected chi connectivity index (χ4v) is 4.56. The van der Waals surface area contributed by atoms with E-state index in [4.69, 9.17) is 0 Å². The van der Waals surface area contributed by atoms with Crippen molar-refractivity contribution in [2.45, 2.75) is 37.8 Å². The summed E-state index contributed by atoms with van der Waals surface area (Å²) < 4.78 is 16.1. The number of nitrogens with one attached hydrogen (secondary N) is 1. The van der Waals surface area contributed by atoms with Gasteiger partial charge in [0.1, 0.15) is 11.6 Å². The van der Waals surface area contributed by atoms with E-state index < -0.39 is 5.82 Å². The number of benzene rings is 2. The Hall–Kier alpha value is -3.65. The van der Waals surface area contributed by atoms with Crippen molar-refractivity contribution >= 4 is 11.6 Å². The fourth-order valence-electron chi connectivity index (χ4n) is 4.56. The van der Waals surface area contributed by atoms with Crippen molar-refractivity contribution in [3.8, 4) is 11.8 Å². The normalized spacial score (nSPS) is 18.9. The molecule has 2 aromatic carbocycles. The Kier molecular flexibility index (Phi) is 4.91. The van der Waals surface area contributed by atoms with E-state index in [1.165, 1.54) is 24.3 Å². The summed E-state index contributed by atoms with van der Waals surface area (Å²) in [6, 6.07) is 16.8. The molecule has 2 aliphatic rings. The molecule has 2 atom stereocenters. The molecule has 1 fully saturated rings. The quantitative estimate of drug-likeness (QED) is 0.497. The number of pyridine rings is 1. The Morgan fingerprint density at radius 3 is 2.65 bits per heavy atom. The highest BCUT2D eigenvalue weighted by molar-refractivity contribution is 6.12. The lowest BCUT2D eigenvalue weighted by atomic mass is 9.91. The summed E-state index contributed by atoms with van der Waals surface area (Å²) in [6.45, 7) is 0. The molecule has 1 N–H and O–H groups in total. The van der Waals surface area contributed by atoms with Crippen molar-refractivity contribution in [3.63, 3.8) is 0 Å². The molecule has 2 heterocycles. The number of ketones is 1. The first-order chi connectivity index (χ1) is 15.1. The van der Waals surface area contributed by atoms with E-state index in [9.17, 15) is 14.0 Å². The molecule has 0 amide bonds. The van der Waals surface area contributed by atoms with E-state index in [2.05, 4.69) is 17.2 Å². The highest BCUT2D eigenvalue weighted by atomic mass is 19.1. The molecule has 154 valence electrons. The molecule has 4 nitrogen and oxygen atoms in total. The standard InChI is InChI=1S/C26H21FN2O2/c27-21-14-12-19(16-18(21)11-10-17-6-2-1-3-7-17)25(31)20-13-15-24(30)29-23-9-5-4-8-22(23)28-26(20)29/h1-3,6-7,12-16,22-23,28H,4-5,8-9H2/t22-,23?/m1/s1. The van der Waals surface area contributed by atoms with Gasteiger partial charge in [-0.25, -0.2) is 4.39 Å². The van der Waals surface area contributed by atoms with Gasteiger partial charge in [0.25, 0.3) is 5.56 Å². The van der Waals surface area contributed by atoms with Crippen LogP contribution in [0.25, 0.3) is 0 Å². The van der Waals surface area contributed by atoms with Crippen LogP contribution in [-0.4, -0.2) is 16.4 Å². The van der Waals surface area contributed by atoms with Gasteiger partial charge >= 0.3 is 0 Å². The molecule has 5 heteroatoms. The average molecular weight is 412 g/mol. The lowest BCUT2D eigenvalue weighted by molar-refractivity contribution is 0.103. The third-order valence-corrected chi connectivity index (χ3v) is 6.10. The van der Waals surface area contributed by atoms with Gasteiger partial charge in [-0.3, -0.25) is 14.2 Å². The predicted molar refractivity (Wildman–Crippen MR) is 118 cm³/mol. The van der Waals surface area contributed by atoms with Crippen LogP contribution < -0.4 is 10.9 Å². The Morgan fingerprint density at radius 2 is 1.81 bits per heavy atom. The van der Waals surface area contributed by atoms with Crippen LogP contribution in [0.2, 0.25) is 0 Å². The van der Waals surface area contributed by atoms with Gasteiger partial charge in [-0.15, -0.1) is 0 Å². The second-order valence-electron chi connectivity index (χ2n) is 8.05. The van der Waals surface area contributed by atoms with Crippen molar-refractivity contribution in [2.75, 3.05) is 5.32 Å². The minimum atomic E-state index is -0.473. The molecule has 0 spiro atoms. The molecule has 1 unspecified atom stereocenters. The zero-order valence-electron chi connectivity index (χ0n) is 16.9. The van der Waals surface area contributed by atoms with E-state index in [0.717, 1.165) is 31.2 Å². The van der Waals surface area contributed by atoms with Crippen molar-refractivity contribution < 1.29 is 9.18 Å². The van der Waals surface area contributed by atoms with Gasteiger partial charge in [0.15, 0.2) is 5.78 Å². The molecule has 0 saturated heterocycles. The number of nitrogens with zero attached hydrogens (tertiary/aromatic N) is 1. The molecule has 5 rings (SSSR count). The number of anilines is 1. The van der Waals surface area contributed by atoms with Crippen LogP contribution in [0.1, 0.15) is 58.8 Å². The Bertz CT molecular complexity index is 1280. The summed E-state index contributed by atoms with van der Waals surface area (Å²) in [4.78, 5) is 25.9. The largest absolute Gasteiger partial charge is 0.366 e. The Morgan fingerprint density at radius 1 is 1.00 bits per heavy atom. The van der Waals surface area contributed by atoms with Crippen LogP contribution in [0.5, 0.6) is 0 Å². The smallest absolute Gasteiger partial charge is 0.252 e. The molecular formula is C26H21FN2O2. The summed E-state index contributed by atoms with van der Waals surface area (Å²) in [6.07, 6.45) is 4.10. The molecule has 1 saturated carbocycles. The number of hydrogen-bond donors (Lipinski definition) is 1. The van der Waals surface area contributed by atoms with E-state index in [1.807, 2.05) is 30.3 Å². The highest BCUT2D eigenvalue weighted by Crippen LogP contribution is 2.38. The van der Waals surface area contributed by atoms with Crippen molar-refractivity contribution in [3.05, 3.63) is 99.1 Å². The monoisotopic (exact) mass is 412 g/mol. The van der Waals surface area contributed by atoms with Gasteiger partial charge < -0.3 is 5.32 Å². The van der Waals surface area contributed by atoms with E-state index in [1.54, 1.807) is 10.6 Å². The van der Waals surface area contributed by atoms with E-state index in [-0.39, 0.29) is 29.0 Å². The first-order valence-electron chi connectivity index (χ1n) is 10.6. The van der Waals surface area contributed by atoms with Gasteiger partial charge in [0.05, 0.1) is 17.2 Å². The zero-order valence-corrected chi connectivity index (χ0v) is 16.9. The van der Waals surface area contributed by atoms with Gasteiger partial charge in [0, 0.05) is 23.2 Å². The summed E-state index contributed by atoms with van der Waals surface area (Å²) in [7, 11) is 0. The van der Waals surface area contributed by atoms with Crippen molar-refractivity contribution in [1.82, 2.24) is 4.57 Å². The summed E-state index contributed by atoms with van der Waals surface area (Å²) in [5.74, 6) is 5.62. The molecule has 1 aliphatic carbocycles. The van der Waals surface area contributed by atoms with E-state index >= 15 is 0 Å². The van der Waals surface area contributed by atoms with Crippen molar-refractivity contribution in [2.24, 2.45) is 0 Å². The van der Waals surface area contributed by atoms with Crippen LogP contribution in [0, 0.1) is 17.7 Å². The number of halogens is 1. The number of carbonyl (C=O) groups excluding carboxylic acids is 1. The third kappa shape index (κ3) is 3.55. The summed E-state index contributed by atoms with van der Waals surface area (Å²) >= 11 is 0. The average Bonchev–Trinajstić information content (AvgIpc) is 3.19. The maximum absolute atomic E-state index is 14.3. The highest BCUT2D eigenvalue weighted by Gasteiger charge is 2.36. The van der Waals surface area contributed by atoms with Gasteiger partial charge in [-0.1, -0.05) is 42.9 Å².